The highest BCUT2D eigenvalue weighted by molar-refractivity contribution is 5.93. The maximum absolute atomic E-state index is 12.1. The molecule has 24 heavy (non-hydrogen) atoms. The first-order chi connectivity index (χ1) is 11.5. The van der Waals surface area contributed by atoms with Gasteiger partial charge < -0.3 is 14.8 Å². The zero-order valence-corrected chi connectivity index (χ0v) is 15.2. The SMILES string of the molecule is CC/C=C(\C)C(=O)N[C@H](C)c1ccc(OC2CCCC2)c(OC)c1. The van der Waals surface area contributed by atoms with Gasteiger partial charge in [-0.05, 0) is 63.6 Å². The maximum Gasteiger partial charge on any atom is 0.247 e. The Hall–Kier alpha value is -1.97. The highest BCUT2D eigenvalue weighted by Gasteiger charge is 2.19. The fourth-order valence-electron chi connectivity index (χ4n) is 3.03. The molecule has 1 amide bonds. The molecule has 0 saturated heterocycles. The van der Waals surface area contributed by atoms with Gasteiger partial charge in [-0.15, -0.1) is 0 Å². The maximum atomic E-state index is 12.1. The predicted molar refractivity (Wildman–Crippen MR) is 96.5 cm³/mol. The molecule has 1 fully saturated rings. The van der Waals surface area contributed by atoms with Crippen LogP contribution in [-0.4, -0.2) is 19.1 Å². The normalized spacial score (nSPS) is 16.8. The zero-order chi connectivity index (χ0) is 17.5. The van der Waals surface area contributed by atoms with Crippen LogP contribution in [-0.2, 0) is 4.79 Å². The minimum atomic E-state index is -0.0906. The van der Waals surface area contributed by atoms with Gasteiger partial charge in [0.05, 0.1) is 19.3 Å². The van der Waals surface area contributed by atoms with Crippen molar-refractivity contribution in [3.8, 4) is 11.5 Å². The van der Waals surface area contributed by atoms with Gasteiger partial charge in [0.15, 0.2) is 11.5 Å². The Labute approximate surface area is 145 Å². The van der Waals surface area contributed by atoms with E-state index < -0.39 is 0 Å². The van der Waals surface area contributed by atoms with Crippen molar-refractivity contribution in [1.82, 2.24) is 5.32 Å². The van der Waals surface area contributed by atoms with Gasteiger partial charge >= 0.3 is 0 Å². The van der Waals surface area contributed by atoms with Crippen LogP contribution in [0.15, 0.2) is 29.8 Å². The number of amides is 1. The van der Waals surface area contributed by atoms with Gasteiger partial charge in [0, 0.05) is 5.57 Å². The van der Waals surface area contributed by atoms with E-state index in [1.807, 2.05) is 45.0 Å². The number of allylic oxidation sites excluding steroid dienone is 1. The molecular formula is C20H29NO3. The average molecular weight is 331 g/mol. The summed E-state index contributed by atoms with van der Waals surface area (Å²) in [6.45, 7) is 5.84. The van der Waals surface area contributed by atoms with E-state index in [9.17, 15) is 4.79 Å². The van der Waals surface area contributed by atoms with Crippen molar-refractivity contribution in [2.75, 3.05) is 7.11 Å². The van der Waals surface area contributed by atoms with Crippen LogP contribution in [0.2, 0.25) is 0 Å². The van der Waals surface area contributed by atoms with Gasteiger partial charge in [0.2, 0.25) is 5.91 Å². The molecule has 132 valence electrons. The molecule has 4 nitrogen and oxygen atoms in total. The summed E-state index contributed by atoms with van der Waals surface area (Å²) in [5.74, 6) is 1.48. The first kappa shape index (κ1) is 18.4. The topological polar surface area (TPSA) is 47.6 Å². The van der Waals surface area contributed by atoms with Crippen LogP contribution in [0.25, 0.3) is 0 Å². The molecule has 0 bridgehead atoms. The summed E-state index contributed by atoms with van der Waals surface area (Å²) in [4.78, 5) is 12.1. The van der Waals surface area contributed by atoms with E-state index in [0.717, 1.165) is 41.9 Å². The fourth-order valence-corrected chi connectivity index (χ4v) is 3.03. The lowest BCUT2D eigenvalue weighted by Crippen LogP contribution is -2.27. The number of nitrogens with one attached hydrogen (secondary N) is 1. The first-order valence-electron chi connectivity index (χ1n) is 8.87. The minimum absolute atomic E-state index is 0.0328. The van der Waals surface area contributed by atoms with Crippen molar-refractivity contribution < 1.29 is 14.3 Å². The molecule has 0 spiro atoms. The van der Waals surface area contributed by atoms with Crippen molar-refractivity contribution >= 4 is 5.91 Å². The van der Waals surface area contributed by atoms with Gasteiger partial charge in [-0.25, -0.2) is 0 Å². The highest BCUT2D eigenvalue weighted by Crippen LogP contribution is 2.33. The number of methoxy groups -OCH3 is 1. The molecule has 0 radical (unpaired) electrons. The third kappa shape index (κ3) is 4.76. The molecule has 1 atom stereocenters. The molecule has 0 heterocycles. The van der Waals surface area contributed by atoms with E-state index in [1.54, 1.807) is 7.11 Å². The Bertz CT molecular complexity index is 589. The van der Waals surface area contributed by atoms with Crippen molar-refractivity contribution in [2.24, 2.45) is 0 Å². The summed E-state index contributed by atoms with van der Waals surface area (Å²) >= 11 is 0. The summed E-state index contributed by atoms with van der Waals surface area (Å²) in [6, 6.07) is 5.81. The molecule has 0 aliphatic heterocycles. The van der Waals surface area contributed by atoms with Gasteiger partial charge in [-0.2, -0.15) is 0 Å². The molecular weight excluding hydrogens is 302 g/mol. The van der Waals surface area contributed by atoms with Crippen LogP contribution in [0.4, 0.5) is 0 Å². The van der Waals surface area contributed by atoms with Crippen molar-refractivity contribution in [1.29, 1.82) is 0 Å². The first-order valence-corrected chi connectivity index (χ1v) is 8.87. The average Bonchev–Trinajstić information content (AvgIpc) is 3.08. The third-order valence-corrected chi connectivity index (χ3v) is 4.50. The Morgan fingerprint density at radius 3 is 2.67 bits per heavy atom. The lowest BCUT2D eigenvalue weighted by Gasteiger charge is -2.19. The molecule has 4 heteroatoms. The molecule has 2 rings (SSSR count). The second-order valence-electron chi connectivity index (χ2n) is 6.43. The second-order valence-corrected chi connectivity index (χ2v) is 6.43. The summed E-state index contributed by atoms with van der Waals surface area (Å²) < 4.78 is 11.6. The van der Waals surface area contributed by atoms with Gasteiger partial charge in [-0.1, -0.05) is 19.1 Å². The largest absolute Gasteiger partial charge is 0.493 e. The van der Waals surface area contributed by atoms with Gasteiger partial charge in [-0.3, -0.25) is 4.79 Å². The summed E-state index contributed by atoms with van der Waals surface area (Å²) in [7, 11) is 1.65. The molecule has 1 aromatic rings. The number of hydrogen-bond acceptors (Lipinski definition) is 3. The molecule has 0 unspecified atom stereocenters. The third-order valence-electron chi connectivity index (χ3n) is 4.50. The lowest BCUT2D eigenvalue weighted by molar-refractivity contribution is -0.118. The fraction of sp³-hybridized carbons (Fsp3) is 0.550. The van der Waals surface area contributed by atoms with Crippen molar-refractivity contribution in [3.05, 3.63) is 35.4 Å². The van der Waals surface area contributed by atoms with E-state index in [1.165, 1.54) is 12.8 Å². The Morgan fingerprint density at radius 1 is 1.33 bits per heavy atom. The second kappa shape index (κ2) is 8.76. The molecule has 1 aliphatic carbocycles. The number of hydrogen-bond donors (Lipinski definition) is 1. The van der Waals surface area contributed by atoms with Crippen LogP contribution in [0.5, 0.6) is 11.5 Å². The van der Waals surface area contributed by atoms with E-state index in [0.29, 0.717) is 6.10 Å². The van der Waals surface area contributed by atoms with Crippen LogP contribution >= 0.6 is 0 Å². The van der Waals surface area contributed by atoms with Crippen molar-refractivity contribution in [2.45, 2.75) is 65.0 Å². The Balaban J connectivity index is 2.07. The molecule has 0 aromatic heterocycles. The predicted octanol–water partition coefficient (Wildman–Crippen LogP) is 4.55. The quantitative estimate of drug-likeness (QED) is 0.746. The number of rotatable bonds is 7. The standard InChI is InChI=1S/C20H29NO3/c1-5-8-14(2)20(22)21-15(3)16-11-12-18(19(13-16)23-4)24-17-9-6-7-10-17/h8,11-13,15,17H,5-7,9-10H2,1-4H3,(H,21,22)/b14-8+/t15-/m1/s1. The van der Waals surface area contributed by atoms with Crippen molar-refractivity contribution in [3.63, 3.8) is 0 Å². The van der Waals surface area contributed by atoms with E-state index in [4.69, 9.17) is 9.47 Å². The Kier molecular flexibility index (Phi) is 6.71. The van der Waals surface area contributed by atoms with E-state index in [-0.39, 0.29) is 11.9 Å². The van der Waals surface area contributed by atoms with E-state index >= 15 is 0 Å². The van der Waals surface area contributed by atoms with Crippen LogP contribution in [0.1, 0.15) is 64.5 Å². The van der Waals surface area contributed by atoms with Crippen LogP contribution < -0.4 is 14.8 Å². The lowest BCUT2D eigenvalue weighted by atomic mass is 10.1. The van der Waals surface area contributed by atoms with Gasteiger partial charge in [0.25, 0.3) is 0 Å². The molecule has 1 aromatic carbocycles. The monoisotopic (exact) mass is 331 g/mol. The minimum Gasteiger partial charge on any atom is -0.493 e. The summed E-state index contributed by atoms with van der Waals surface area (Å²) in [5.41, 5.74) is 1.75. The van der Waals surface area contributed by atoms with Crippen LogP contribution in [0, 0.1) is 0 Å². The number of carbonyl (C=O) groups is 1. The highest BCUT2D eigenvalue weighted by atomic mass is 16.5. The molecule has 1 N–H and O–H groups in total. The zero-order valence-electron chi connectivity index (χ0n) is 15.2. The van der Waals surface area contributed by atoms with Crippen LogP contribution in [0.3, 0.4) is 0 Å². The molecule has 1 aliphatic rings. The summed E-state index contributed by atoms with van der Waals surface area (Å²) in [5, 5.41) is 3.02. The summed E-state index contributed by atoms with van der Waals surface area (Å²) in [6.07, 6.45) is 7.78. The number of benzene rings is 1. The smallest absolute Gasteiger partial charge is 0.247 e. The van der Waals surface area contributed by atoms with E-state index in [2.05, 4.69) is 5.32 Å². The number of carbonyl (C=O) groups excluding carboxylic acids is 1. The molecule has 1 saturated carbocycles. The number of ether oxygens (including phenoxy) is 2. The van der Waals surface area contributed by atoms with Gasteiger partial charge in [0.1, 0.15) is 0 Å². The Morgan fingerprint density at radius 2 is 2.04 bits per heavy atom.